The van der Waals surface area contributed by atoms with Crippen molar-refractivity contribution in [1.29, 1.82) is 0 Å². The second kappa shape index (κ2) is 33.2. The van der Waals surface area contributed by atoms with Gasteiger partial charge in [-0.05, 0) is 32.1 Å². The number of nitrogens with zero attached hydrogens (tertiary/aromatic N) is 1. The average Bonchev–Trinajstić information content (AvgIpc) is 3.05. The Morgan fingerprint density at radius 2 is 1.04 bits per heavy atom. The van der Waals surface area contributed by atoms with Crippen molar-refractivity contribution in [3.63, 3.8) is 0 Å². The maximum atomic E-state index is 12.7. The monoisotopic (exact) mass is 697 g/mol. The summed E-state index contributed by atoms with van der Waals surface area (Å²) in [5, 5.41) is 9.58. The molecule has 0 bridgehead atoms. The van der Waals surface area contributed by atoms with Crippen LogP contribution < -0.4 is 0 Å². The third kappa shape index (κ3) is 31.8. The Bertz CT molecular complexity index is 823. The lowest BCUT2D eigenvalue weighted by atomic mass is 10.0. The van der Waals surface area contributed by atoms with Gasteiger partial charge in [0, 0.05) is 19.3 Å². The summed E-state index contributed by atoms with van der Waals surface area (Å²) in [7, 11) is 5.52. The van der Waals surface area contributed by atoms with E-state index in [0.717, 1.165) is 57.8 Å². The fraction of sp³-hybridized carbons (Fsp3) is 0.878. The van der Waals surface area contributed by atoms with Crippen molar-refractivity contribution < 1.29 is 38.2 Å². The summed E-state index contributed by atoms with van der Waals surface area (Å²) in [6.07, 6.45) is 32.5. The fourth-order valence-corrected chi connectivity index (χ4v) is 5.95. The van der Waals surface area contributed by atoms with E-state index in [0.29, 0.717) is 19.3 Å². The van der Waals surface area contributed by atoms with E-state index < -0.39 is 18.1 Å². The number of ether oxygens (including phenoxy) is 3. The Balaban J connectivity index is 4.36. The second-order valence-electron chi connectivity index (χ2n) is 14.9. The molecule has 8 nitrogen and oxygen atoms in total. The number of quaternary nitrogens is 1. The number of allylic oxidation sites excluding steroid dienone is 2. The summed E-state index contributed by atoms with van der Waals surface area (Å²) in [5.41, 5.74) is 0. The van der Waals surface area contributed by atoms with Crippen molar-refractivity contribution in [2.45, 2.75) is 193 Å². The summed E-state index contributed by atoms with van der Waals surface area (Å²) < 4.78 is 17.2. The smallest absolute Gasteiger partial charge is 0.362 e. The van der Waals surface area contributed by atoms with Gasteiger partial charge in [-0.3, -0.25) is 9.59 Å². The van der Waals surface area contributed by atoms with Gasteiger partial charge in [-0.1, -0.05) is 142 Å². The van der Waals surface area contributed by atoms with Crippen molar-refractivity contribution in [1.82, 2.24) is 0 Å². The summed E-state index contributed by atoms with van der Waals surface area (Å²) in [4.78, 5) is 36.8. The second-order valence-corrected chi connectivity index (χ2v) is 14.9. The van der Waals surface area contributed by atoms with Crippen LogP contribution in [-0.4, -0.2) is 80.6 Å². The van der Waals surface area contributed by atoms with Crippen LogP contribution in [0.2, 0.25) is 0 Å². The van der Waals surface area contributed by atoms with E-state index in [1.165, 1.54) is 89.9 Å². The van der Waals surface area contributed by atoms with Gasteiger partial charge in [-0.15, -0.1) is 0 Å². The van der Waals surface area contributed by atoms with Crippen LogP contribution in [0, 0.1) is 0 Å². The number of hydrogen-bond donors (Lipinski definition) is 1. The van der Waals surface area contributed by atoms with Crippen LogP contribution in [0.15, 0.2) is 12.2 Å². The van der Waals surface area contributed by atoms with Gasteiger partial charge < -0.3 is 23.8 Å². The van der Waals surface area contributed by atoms with Gasteiger partial charge in [-0.25, -0.2) is 4.79 Å². The molecule has 2 unspecified atom stereocenters. The first-order valence-electron chi connectivity index (χ1n) is 20.2. The van der Waals surface area contributed by atoms with Crippen molar-refractivity contribution in [2.75, 3.05) is 41.0 Å². The molecule has 0 aliphatic heterocycles. The maximum Gasteiger partial charge on any atom is 0.362 e. The molecule has 0 fully saturated rings. The molecule has 0 aliphatic carbocycles. The summed E-state index contributed by atoms with van der Waals surface area (Å²) in [6.45, 7) is 4.69. The molecule has 0 amide bonds. The molecule has 0 aromatic heterocycles. The number of rotatable bonds is 36. The zero-order valence-corrected chi connectivity index (χ0v) is 32.7. The largest absolute Gasteiger partial charge is 0.477 e. The maximum absolute atomic E-state index is 12.7. The average molecular weight is 697 g/mol. The van der Waals surface area contributed by atoms with Crippen LogP contribution in [0.1, 0.15) is 181 Å². The van der Waals surface area contributed by atoms with E-state index in [9.17, 15) is 19.5 Å². The molecule has 1 N–H and O–H groups in total. The molecule has 0 heterocycles. The predicted octanol–water partition coefficient (Wildman–Crippen LogP) is 10.4. The highest BCUT2D eigenvalue weighted by molar-refractivity contribution is 5.72. The molecule has 8 heteroatoms. The molecular weight excluding hydrogens is 618 g/mol. The molecule has 0 aromatic carbocycles. The SMILES string of the molecule is CCCC/C=C/CCCCCCC(=O)OCC(COCCC(C(=O)O)[N+](C)(C)C)OC(=O)CCCCCCCCCCCCCCCCC. The number of carbonyl (C=O) groups excluding carboxylic acids is 2. The lowest BCUT2D eigenvalue weighted by Gasteiger charge is -2.31. The van der Waals surface area contributed by atoms with Crippen molar-refractivity contribution >= 4 is 17.9 Å². The normalized spacial score (nSPS) is 13.1. The number of aliphatic carboxylic acids is 1. The van der Waals surface area contributed by atoms with Crippen LogP contribution in [0.25, 0.3) is 0 Å². The lowest BCUT2D eigenvalue weighted by molar-refractivity contribution is -0.887. The number of carbonyl (C=O) groups is 3. The molecule has 0 radical (unpaired) electrons. The first-order chi connectivity index (χ1) is 23.6. The van der Waals surface area contributed by atoms with Crippen molar-refractivity contribution in [3.05, 3.63) is 12.2 Å². The molecular formula is C41H78NO7+. The van der Waals surface area contributed by atoms with Crippen LogP contribution in [0.5, 0.6) is 0 Å². The van der Waals surface area contributed by atoms with E-state index in [4.69, 9.17) is 14.2 Å². The van der Waals surface area contributed by atoms with Gasteiger partial charge in [0.25, 0.3) is 0 Å². The standard InChI is InChI=1S/C41H77NO7/c1-6-8-10-12-14-16-18-19-20-21-22-24-26-28-30-32-40(44)49-37(35-47-34-33-38(41(45)46)42(3,4)5)36-48-39(43)31-29-27-25-23-17-15-13-11-9-7-2/h13,15,37-38H,6-12,14,16-36H2,1-5H3/p+1/b15-13+. The Morgan fingerprint density at radius 3 is 1.53 bits per heavy atom. The Hall–Kier alpha value is -1.93. The number of esters is 2. The molecule has 2 atom stereocenters. The van der Waals surface area contributed by atoms with E-state index >= 15 is 0 Å². The van der Waals surface area contributed by atoms with E-state index in [-0.39, 0.29) is 36.2 Å². The van der Waals surface area contributed by atoms with E-state index in [1.54, 1.807) is 0 Å². The number of carboxylic acid groups (broad SMARTS) is 1. The third-order valence-electron chi connectivity index (χ3n) is 9.16. The minimum absolute atomic E-state index is 0.0519. The zero-order valence-electron chi connectivity index (χ0n) is 32.7. The van der Waals surface area contributed by atoms with Gasteiger partial charge in [-0.2, -0.15) is 0 Å². The molecule has 49 heavy (non-hydrogen) atoms. The highest BCUT2D eigenvalue weighted by atomic mass is 16.6. The Labute approximate surface area is 301 Å². The fourth-order valence-electron chi connectivity index (χ4n) is 5.95. The molecule has 0 aliphatic rings. The third-order valence-corrected chi connectivity index (χ3v) is 9.16. The number of unbranched alkanes of at least 4 members (excludes halogenated alkanes) is 20. The minimum atomic E-state index is -0.875. The van der Waals surface area contributed by atoms with E-state index in [2.05, 4.69) is 26.0 Å². The highest BCUT2D eigenvalue weighted by Crippen LogP contribution is 2.15. The summed E-state index contributed by atoms with van der Waals surface area (Å²) >= 11 is 0. The summed E-state index contributed by atoms with van der Waals surface area (Å²) in [5.74, 6) is -1.48. The van der Waals surface area contributed by atoms with Gasteiger partial charge >= 0.3 is 17.9 Å². The van der Waals surface area contributed by atoms with Crippen LogP contribution in [0.3, 0.4) is 0 Å². The molecule has 0 spiro atoms. The Kier molecular flexibility index (Phi) is 31.9. The van der Waals surface area contributed by atoms with Gasteiger partial charge in [0.1, 0.15) is 6.61 Å². The predicted molar refractivity (Wildman–Crippen MR) is 202 cm³/mol. The zero-order chi connectivity index (χ0) is 36.4. The summed E-state index contributed by atoms with van der Waals surface area (Å²) in [6, 6.07) is -0.610. The lowest BCUT2D eigenvalue weighted by Crippen LogP contribution is -2.50. The molecule has 288 valence electrons. The van der Waals surface area contributed by atoms with E-state index in [1.807, 2.05) is 21.1 Å². The van der Waals surface area contributed by atoms with Gasteiger partial charge in [0.15, 0.2) is 12.1 Å². The highest BCUT2D eigenvalue weighted by Gasteiger charge is 2.31. The van der Waals surface area contributed by atoms with Crippen LogP contribution in [-0.2, 0) is 28.6 Å². The topological polar surface area (TPSA) is 99.1 Å². The molecule has 0 rings (SSSR count). The molecule has 0 saturated heterocycles. The first kappa shape index (κ1) is 47.1. The number of likely N-dealkylation sites (N-methyl/N-ethyl adjacent to an activating group) is 1. The first-order valence-corrected chi connectivity index (χ1v) is 20.2. The number of hydrogen-bond acceptors (Lipinski definition) is 6. The Morgan fingerprint density at radius 1 is 0.592 bits per heavy atom. The van der Waals surface area contributed by atoms with Crippen molar-refractivity contribution in [3.8, 4) is 0 Å². The van der Waals surface area contributed by atoms with Crippen LogP contribution in [0.4, 0.5) is 0 Å². The quantitative estimate of drug-likeness (QED) is 0.0301. The molecule has 0 aromatic rings. The van der Waals surface area contributed by atoms with Crippen molar-refractivity contribution in [2.24, 2.45) is 0 Å². The molecule has 0 saturated carbocycles. The van der Waals surface area contributed by atoms with Crippen LogP contribution >= 0.6 is 0 Å². The van der Waals surface area contributed by atoms with Gasteiger partial charge in [0.05, 0.1) is 34.4 Å². The number of carboxylic acids is 1. The minimum Gasteiger partial charge on any atom is -0.477 e. The van der Waals surface area contributed by atoms with Gasteiger partial charge in [0.2, 0.25) is 0 Å².